The van der Waals surface area contributed by atoms with Crippen molar-refractivity contribution in [3.63, 3.8) is 0 Å². The smallest absolute Gasteiger partial charge is 0.418 e. The number of hydrogen-bond acceptors (Lipinski definition) is 5. The first-order valence-electron chi connectivity index (χ1n) is 6.38. The van der Waals surface area contributed by atoms with Gasteiger partial charge in [0.1, 0.15) is 11.2 Å². The topological polar surface area (TPSA) is 91.7 Å². The third-order valence-corrected chi connectivity index (χ3v) is 1.75. The molecule has 0 bridgehead atoms. The lowest BCUT2D eigenvalue weighted by atomic mass is 10.2. The van der Waals surface area contributed by atoms with Gasteiger partial charge in [-0.2, -0.15) is 0 Å². The average Bonchev–Trinajstić information content (AvgIpc) is 2.19. The van der Waals surface area contributed by atoms with Crippen molar-refractivity contribution in [2.75, 3.05) is 6.54 Å². The van der Waals surface area contributed by atoms with Gasteiger partial charge in [0.2, 0.25) is 5.96 Å². The van der Waals surface area contributed by atoms with Crippen LogP contribution in [0.25, 0.3) is 0 Å². The molecule has 0 rings (SSSR count). The normalized spacial score (nSPS) is 11.1. The molecular formula is C14H23N3O4. The van der Waals surface area contributed by atoms with E-state index in [0.29, 0.717) is 0 Å². The van der Waals surface area contributed by atoms with Gasteiger partial charge < -0.3 is 9.47 Å². The molecule has 0 aliphatic rings. The van der Waals surface area contributed by atoms with Crippen LogP contribution in [0, 0.1) is 17.8 Å². The zero-order valence-electron chi connectivity index (χ0n) is 13.4. The second-order valence-electron chi connectivity index (χ2n) is 6.25. The lowest BCUT2D eigenvalue weighted by molar-refractivity contribution is 0.0374. The summed E-state index contributed by atoms with van der Waals surface area (Å²) in [6.45, 7) is 9.90. The predicted molar refractivity (Wildman–Crippen MR) is 78.9 cm³/mol. The fraction of sp³-hybridized carbons (Fsp3) is 0.643. The summed E-state index contributed by atoms with van der Waals surface area (Å²) in [4.78, 5) is 24.3. The monoisotopic (exact) mass is 297 g/mol. The van der Waals surface area contributed by atoms with Crippen molar-refractivity contribution < 1.29 is 19.1 Å². The van der Waals surface area contributed by atoms with Crippen molar-refractivity contribution in [2.45, 2.75) is 52.7 Å². The van der Waals surface area contributed by atoms with Crippen LogP contribution in [0.1, 0.15) is 41.5 Å². The number of terminal acetylenes is 1. The average molecular weight is 297 g/mol. The summed E-state index contributed by atoms with van der Waals surface area (Å²) in [7, 11) is 0. The molecule has 0 aromatic rings. The minimum Gasteiger partial charge on any atom is -0.444 e. The molecule has 7 nitrogen and oxygen atoms in total. The Balaban J connectivity index is 4.82. The van der Waals surface area contributed by atoms with Crippen LogP contribution in [0.3, 0.4) is 0 Å². The van der Waals surface area contributed by atoms with E-state index in [-0.39, 0.29) is 6.54 Å². The second-order valence-corrected chi connectivity index (χ2v) is 6.25. The number of carbonyl (C=O) groups excluding carboxylic acids is 2. The number of rotatable bonds is 1. The zero-order valence-corrected chi connectivity index (χ0v) is 13.4. The molecule has 0 saturated carbocycles. The van der Waals surface area contributed by atoms with Gasteiger partial charge in [-0.05, 0) is 41.5 Å². The molecule has 0 aliphatic heterocycles. The highest BCUT2D eigenvalue weighted by Crippen LogP contribution is 2.10. The van der Waals surface area contributed by atoms with Gasteiger partial charge in [0.15, 0.2) is 0 Å². The van der Waals surface area contributed by atoms with Crippen LogP contribution in [0.4, 0.5) is 9.59 Å². The van der Waals surface area contributed by atoms with E-state index in [1.54, 1.807) is 41.5 Å². The molecule has 0 unspecified atom stereocenters. The molecule has 0 fully saturated rings. The van der Waals surface area contributed by atoms with Crippen LogP contribution in [-0.2, 0) is 9.47 Å². The molecule has 0 heterocycles. The number of nitrogens with zero attached hydrogens (tertiary/aromatic N) is 1. The van der Waals surface area contributed by atoms with E-state index in [4.69, 9.17) is 21.3 Å². The van der Waals surface area contributed by atoms with Crippen LogP contribution in [0.5, 0.6) is 0 Å². The largest absolute Gasteiger partial charge is 0.444 e. The van der Waals surface area contributed by atoms with Crippen molar-refractivity contribution in [1.29, 1.82) is 5.41 Å². The molecule has 0 atom stereocenters. The molecule has 0 spiro atoms. The van der Waals surface area contributed by atoms with Gasteiger partial charge in [0.05, 0.1) is 6.54 Å². The van der Waals surface area contributed by atoms with Crippen molar-refractivity contribution in [2.24, 2.45) is 0 Å². The van der Waals surface area contributed by atoms with E-state index in [9.17, 15) is 9.59 Å². The molecule has 118 valence electrons. The first-order valence-corrected chi connectivity index (χ1v) is 6.38. The molecule has 7 heteroatoms. The van der Waals surface area contributed by atoms with Crippen LogP contribution in [0.2, 0.25) is 0 Å². The summed E-state index contributed by atoms with van der Waals surface area (Å²) in [5, 5.41) is 9.88. The zero-order chi connectivity index (χ0) is 16.8. The van der Waals surface area contributed by atoms with Crippen LogP contribution >= 0.6 is 0 Å². The Labute approximate surface area is 125 Å². The first-order chi connectivity index (χ1) is 9.35. The summed E-state index contributed by atoms with van der Waals surface area (Å²) in [5.74, 6) is 1.73. The number of carbonyl (C=O) groups is 2. The Morgan fingerprint density at radius 2 is 1.62 bits per heavy atom. The third kappa shape index (κ3) is 8.52. The maximum atomic E-state index is 11.9. The molecule has 0 saturated heterocycles. The Morgan fingerprint density at radius 1 is 1.14 bits per heavy atom. The summed E-state index contributed by atoms with van der Waals surface area (Å²) >= 11 is 0. The quantitative estimate of drug-likeness (QED) is 0.441. The van der Waals surface area contributed by atoms with Gasteiger partial charge >= 0.3 is 12.2 Å². The molecule has 21 heavy (non-hydrogen) atoms. The molecule has 0 aliphatic carbocycles. The van der Waals surface area contributed by atoms with Gasteiger partial charge in [-0.15, -0.1) is 6.42 Å². The Hall–Kier alpha value is -2.23. The fourth-order valence-electron chi connectivity index (χ4n) is 1.11. The number of nitrogens with one attached hydrogen (secondary N) is 2. The maximum Gasteiger partial charge on any atom is 0.418 e. The van der Waals surface area contributed by atoms with Crippen LogP contribution < -0.4 is 5.32 Å². The minimum atomic E-state index is -0.849. The highest BCUT2D eigenvalue weighted by atomic mass is 16.6. The van der Waals surface area contributed by atoms with Gasteiger partial charge in [0, 0.05) is 0 Å². The molecule has 0 aromatic heterocycles. The van der Waals surface area contributed by atoms with Gasteiger partial charge in [-0.3, -0.25) is 10.7 Å². The van der Waals surface area contributed by atoms with Crippen LogP contribution in [-0.4, -0.2) is 40.8 Å². The highest BCUT2D eigenvalue weighted by molar-refractivity contribution is 6.00. The number of hydrogen-bond donors (Lipinski definition) is 2. The lowest BCUT2D eigenvalue weighted by Gasteiger charge is -2.27. The van der Waals surface area contributed by atoms with Crippen molar-refractivity contribution in [3.8, 4) is 12.3 Å². The summed E-state index contributed by atoms with van der Waals surface area (Å²) in [6, 6.07) is 0. The van der Waals surface area contributed by atoms with Crippen molar-refractivity contribution in [3.05, 3.63) is 0 Å². The minimum absolute atomic E-state index is 0.205. The number of guanidine groups is 1. The lowest BCUT2D eigenvalue weighted by Crippen LogP contribution is -2.49. The Bertz CT molecular complexity index is 452. The number of amides is 2. The second kappa shape index (κ2) is 6.97. The molecule has 2 amide bonds. The highest BCUT2D eigenvalue weighted by Gasteiger charge is 2.26. The molecule has 0 aromatic carbocycles. The number of ether oxygens (including phenoxy) is 2. The molecular weight excluding hydrogens is 274 g/mol. The van der Waals surface area contributed by atoms with E-state index >= 15 is 0 Å². The van der Waals surface area contributed by atoms with E-state index in [1.807, 2.05) is 0 Å². The Morgan fingerprint density at radius 3 is 2.00 bits per heavy atom. The summed E-state index contributed by atoms with van der Waals surface area (Å²) < 4.78 is 10.1. The summed E-state index contributed by atoms with van der Waals surface area (Å²) in [6.07, 6.45) is 3.49. The first kappa shape index (κ1) is 18.8. The maximum absolute atomic E-state index is 11.9. The SMILES string of the molecule is C#CCN(C(=N)NC(=O)OC(C)(C)C)C(=O)OC(C)(C)C. The van der Waals surface area contributed by atoms with Gasteiger partial charge in [-0.1, -0.05) is 5.92 Å². The van der Waals surface area contributed by atoms with Gasteiger partial charge in [-0.25, -0.2) is 14.5 Å². The van der Waals surface area contributed by atoms with Gasteiger partial charge in [0.25, 0.3) is 0 Å². The predicted octanol–water partition coefficient (Wildman–Crippen LogP) is 2.32. The number of alkyl carbamates (subject to hydrolysis) is 1. The van der Waals surface area contributed by atoms with Crippen molar-refractivity contribution >= 4 is 18.1 Å². The molecule has 0 radical (unpaired) electrons. The fourth-order valence-corrected chi connectivity index (χ4v) is 1.11. The van der Waals surface area contributed by atoms with E-state index < -0.39 is 29.3 Å². The van der Waals surface area contributed by atoms with E-state index in [1.165, 1.54) is 0 Å². The van der Waals surface area contributed by atoms with E-state index in [2.05, 4.69) is 11.2 Å². The van der Waals surface area contributed by atoms with Crippen LogP contribution in [0.15, 0.2) is 0 Å². The summed E-state index contributed by atoms with van der Waals surface area (Å²) in [5.41, 5.74) is -1.46. The van der Waals surface area contributed by atoms with Crippen molar-refractivity contribution in [1.82, 2.24) is 10.2 Å². The Kier molecular flexibility index (Phi) is 6.23. The third-order valence-electron chi connectivity index (χ3n) is 1.75. The standard InChI is InChI=1S/C14H23N3O4/c1-8-9-17(12(19)21-14(5,6)7)10(15)16-11(18)20-13(2,3)4/h1H,9H2,2-7H3,(H2,15,16,18). The van der Waals surface area contributed by atoms with E-state index in [0.717, 1.165) is 4.90 Å². The molecule has 2 N–H and O–H groups in total.